The van der Waals surface area contributed by atoms with Gasteiger partial charge in [0, 0.05) is 12.8 Å². The Morgan fingerprint density at radius 3 is 2.61 bits per heavy atom. The maximum atomic E-state index is 11.5. The van der Waals surface area contributed by atoms with Gasteiger partial charge in [-0.15, -0.1) is 0 Å². The van der Waals surface area contributed by atoms with Crippen LogP contribution in [0.5, 0.6) is 0 Å². The summed E-state index contributed by atoms with van der Waals surface area (Å²) in [5.74, 6) is -0.318. The zero-order chi connectivity index (χ0) is 14.0. The van der Waals surface area contributed by atoms with Crippen molar-refractivity contribution in [2.45, 2.75) is 18.6 Å². The summed E-state index contributed by atoms with van der Waals surface area (Å²) in [6.45, 7) is 3.17. The minimum absolute atomic E-state index is 0.0678. The van der Waals surface area contributed by atoms with Gasteiger partial charge in [-0.05, 0) is 35.9 Å². The van der Waals surface area contributed by atoms with Crippen molar-refractivity contribution >= 4 is 21.3 Å². The zero-order valence-electron chi connectivity index (χ0n) is 10.4. The van der Waals surface area contributed by atoms with Crippen molar-refractivity contribution in [2.75, 3.05) is 18.1 Å². The molecule has 0 aliphatic rings. The van der Waals surface area contributed by atoms with E-state index in [1.807, 2.05) is 0 Å². The van der Waals surface area contributed by atoms with Gasteiger partial charge >= 0.3 is 5.82 Å². The number of rotatable bonds is 5. The topological polar surface area (TPSA) is 102 Å². The highest BCUT2D eigenvalue weighted by atomic mass is 32.2. The van der Waals surface area contributed by atoms with Crippen molar-refractivity contribution in [3.05, 3.63) is 28.4 Å². The Kier molecular flexibility index (Phi) is 3.90. The van der Waals surface area contributed by atoms with Gasteiger partial charge < -0.3 is 15.4 Å². The molecule has 18 heavy (non-hydrogen) atoms. The predicted molar refractivity (Wildman–Crippen MR) is 68.3 cm³/mol. The third-order valence-corrected chi connectivity index (χ3v) is 4.82. The van der Waals surface area contributed by atoms with Gasteiger partial charge in [0.1, 0.15) is 11.9 Å². The molecule has 8 heteroatoms. The van der Waals surface area contributed by atoms with E-state index in [0.29, 0.717) is 0 Å². The van der Waals surface area contributed by atoms with Crippen molar-refractivity contribution < 1.29 is 13.3 Å². The van der Waals surface area contributed by atoms with Gasteiger partial charge in [-0.3, -0.25) is 0 Å². The van der Waals surface area contributed by atoms with E-state index >= 15 is 0 Å². The molecule has 0 fully saturated rings. The van der Waals surface area contributed by atoms with E-state index in [4.69, 9.17) is 0 Å². The molecule has 0 aliphatic carbocycles. The largest absolute Gasteiger partial charge is 0.386 e. The molecule has 1 heterocycles. The monoisotopic (exact) mass is 273 g/mol. The van der Waals surface area contributed by atoms with Crippen molar-refractivity contribution in [1.82, 2.24) is 4.98 Å². The van der Waals surface area contributed by atoms with Crippen LogP contribution in [-0.4, -0.2) is 35.9 Å². The summed E-state index contributed by atoms with van der Waals surface area (Å²) in [5.41, 5.74) is 0.208. The summed E-state index contributed by atoms with van der Waals surface area (Å²) in [5, 5.41) is 13.5. The first-order valence-corrected chi connectivity index (χ1v) is 7.07. The van der Waals surface area contributed by atoms with Crippen molar-refractivity contribution in [3.8, 4) is 0 Å². The molecular weight excluding hydrogens is 258 g/mol. The number of nitro groups is 1. The molecule has 0 atom stereocenters. The molecule has 0 aromatic carbocycles. The zero-order valence-corrected chi connectivity index (χ0v) is 11.2. The molecule has 100 valence electrons. The Balaban J connectivity index is 2.91. The molecule has 0 radical (unpaired) electrons. The predicted octanol–water partition coefficient (Wildman–Crippen LogP) is 1.22. The van der Waals surface area contributed by atoms with Crippen LogP contribution >= 0.6 is 0 Å². The summed E-state index contributed by atoms with van der Waals surface area (Å²) in [7, 11) is -3.26. The van der Waals surface area contributed by atoms with Crippen molar-refractivity contribution in [2.24, 2.45) is 0 Å². The summed E-state index contributed by atoms with van der Waals surface area (Å²) in [4.78, 5) is 13.7. The Bertz CT molecular complexity index is 554. The lowest BCUT2D eigenvalue weighted by molar-refractivity contribution is -0.388. The van der Waals surface area contributed by atoms with Gasteiger partial charge in [-0.1, -0.05) is 0 Å². The molecule has 1 rings (SSSR count). The average Bonchev–Trinajstić information content (AvgIpc) is 2.25. The second-order valence-corrected chi connectivity index (χ2v) is 7.17. The number of hydrogen-bond acceptors (Lipinski definition) is 6. The number of hydrogen-bond donors (Lipinski definition) is 1. The number of nitrogens with zero attached hydrogens (tertiary/aromatic N) is 2. The van der Waals surface area contributed by atoms with E-state index in [-0.39, 0.29) is 18.1 Å². The molecule has 0 bridgehead atoms. The highest BCUT2D eigenvalue weighted by Gasteiger charge is 2.30. The van der Waals surface area contributed by atoms with Crippen LogP contribution in [0.25, 0.3) is 0 Å². The quantitative estimate of drug-likeness (QED) is 0.639. The molecule has 0 unspecified atom stereocenters. The molecule has 1 N–H and O–H groups in total. The lowest BCUT2D eigenvalue weighted by Gasteiger charge is -2.23. The van der Waals surface area contributed by atoms with Crippen LogP contribution in [-0.2, 0) is 9.84 Å². The molecular formula is C10H15N3O4S. The first kappa shape index (κ1) is 14.4. The number of anilines is 1. The molecule has 1 aromatic rings. The van der Waals surface area contributed by atoms with E-state index in [9.17, 15) is 18.5 Å². The fourth-order valence-electron chi connectivity index (χ4n) is 1.12. The Labute approximate surface area is 105 Å². The fourth-order valence-corrected chi connectivity index (χ4v) is 1.45. The van der Waals surface area contributed by atoms with E-state index in [1.165, 1.54) is 12.3 Å². The highest BCUT2D eigenvalue weighted by Crippen LogP contribution is 2.22. The number of pyridine rings is 1. The van der Waals surface area contributed by atoms with Gasteiger partial charge in [-0.2, -0.15) is 0 Å². The molecule has 0 saturated carbocycles. The lowest BCUT2D eigenvalue weighted by Crippen LogP contribution is -2.38. The smallest absolute Gasteiger partial charge is 0.377 e. The van der Waals surface area contributed by atoms with Gasteiger partial charge in [0.05, 0.1) is 4.75 Å². The Morgan fingerprint density at radius 1 is 1.50 bits per heavy atom. The van der Waals surface area contributed by atoms with Crippen LogP contribution in [0.15, 0.2) is 18.3 Å². The number of sulfone groups is 1. The van der Waals surface area contributed by atoms with Gasteiger partial charge in [0.15, 0.2) is 9.84 Å². The van der Waals surface area contributed by atoms with Crippen molar-refractivity contribution in [3.63, 3.8) is 0 Å². The normalized spacial score (nSPS) is 12.2. The molecule has 0 saturated heterocycles. The van der Waals surface area contributed by atoms with Gasteiger partial charge in [0.2, 0.25) is 0 Å². The van der Waals surface area contributed by atoms with Crippen LogP contribution < -0.4 is 5.32 Å². The first-order chi connectivity index (χ1) is 8.15. The molecule has 0 aliphatic heterocycles. The summed E-state index contributed by atoms with van der Waals surface area (Å²) in [6, 6.07) is 3.03. The Morgan fingerprint density at radius 2 is 2.11 bits per heavy atom. The maximum Gasteiger partial charge on any atom is 0.386 e. The van der Waals surface area contributed by atoms with Crippen LogP contribution in [0, 0.1) is 10.1 Å². The number of nitrogens with one attached hydrogen (secondary N) is 1. The molecule has 7 nitrogen and oxygen atoms in total. The van der Waals surface area contributed by atoms with Gasteiger partial charge in [-0.25, -0.2) is 8.42 Å². The van der Waals surface area contributed by atoms with Crippen molar-refractivity contribution in [1.29, 1.82) is 0 Å². The second-order valence-electron chi connectivity index (χ2n) is 4.52. The minimum Gasteiger partial charge on any atom is -0.377 e. The van der Waals surface area contributed by atoms with Crippen LogP contribution in [0.3, 0.4) is 0 Å². The first-order valence-electron chi connectivity index (χ1n) is 5.18. The maximum absolute atomic E-state index is 11.5. The summed E-state index contributed by atoms with van der Waals surface area (Å²) >= 11 is 0. The molecule has 0 amide bonds. The SMILES string of the molecule is CC(C)(CNc1cccnc1[N+](=O)[O-])S(C)(=O)=O. The van der Waals surface area contributed by atoms with Gasteiger partial charge in [0.25, 0.3) is 0 Å². The van der Waals surface area contributed by atoms with E-state index in [1.54, 1.807) is 19.9 Å². The Hall–Kier alpha value is -1.70. The molecule has 0 spiro atoms. The van der Waals surface area contributed by atoms with E-state index < -0.39 is 19.5 Å². The molecule has 1 aromatic heterocycles. The van der Waals surface area contributed by atoms with Crippen LogP contribution in [0.1, 0.15) is 13.8 Å². The van der Waals surface area contributed by atoms with E-state index in [2.05, 4.69) is 10.3 Å². The minimum atomic E-state index is -3.26. The van der Waals surface area contributed by atoms with Crippen LogP contribution in [0.2, 0.25) is 0 Å². The third kappa shape index (κ3) is 3.16. The van der Waals surface area contributed by atoms with E-state index in [0.717, 1.165) is 6.26 Å². The summed E-state index contributed by atoms with van der Waals surface area (Å²) in [6.07, 6.45) is 2.44. The summed E-state index contributed by atoms with van der Waals surface area (Å²) < 4.78 is 22.0. The standard InChI is InChI=1S/C10H15N3O4S/c1-10(2,18(3,16)17)7-12-8-5-4-6-11-9(8)13(14)15/h4-6,12H,7H2,1-3H3. The van der Waals surface area contributed by atoms with Crippen LogP contribution in [0.4, 0.5) is 11.5 Å². The number of aromatic nitrogens is 1. The highest BCUT2D eigenvalue weighted by molar-refractivity contribution is 7.92. The third-order valence-electron chi connectivity index (χ3n) is 2.67. The second kappa shape index (κ2) is 4.89. The average molecular weight is 273 g/mol. The fraction of sp³-hybridized carbons (Fsp3) is 0.500. The lowest BCUT2D eigenvalue weighted by atomic mass is 10.2.